The Bertz CT molecular complexity index is 637. The second kappa shape index (κ2) is 5.73. The van der Waals surface area contributed by atoms with Gasteiger partial charge >= 0.3 is 0 Å². The maximum absolute atomic E-state index is 13.3. The zero-order chi connectivity index (χ0) is 14.7. The molecule has 0 aliphatic rings. The summed E-state index contributed by atoms with van der Waals surface area (Å²) in [7, 11) is 0. The number of benzene rings is 2. The minimum absolute atomic E-state index is 0.174. The fourth-order valence-electron chi connectivity index (χ4n) is 1.66. The number of rotatable bonds is 3. The molecule has 0 bridgehead atoms. The monoisotopic (exact) mass is 283 g/mol. The van der Waals surface area contributed by atoms with Gasteiger partial charge < -0.3 is 5.32 Å². The molecule has 0 aromatic heterocycles. The van der Waals surface area contributed by atoms with Crippen molar-refractivity contribution in [1.82, 2.24) is 5.32 Å². The van der Waals surface area contributed by atoms with Gasteiger partial charge in [0.05, 0.1) is 5.56 Å². The number of hydrogen-bond donors (Lipinski definition) is 1. The Labute approximate surface area is 112 Å². The minimum atomic E-state index is -0.880. The van der Waals surface area contributed by atoms with Gasteiger partial charge in [0, 0.05) is 12.6 Å². The standard InChI is InChI=1S/C14H9F4NO/c15-9-1-2-13(18)12(6-9)14(20)19-7-8-3-10(16)5-11(17)4-8/h1-6H,7H2,(H,19,20). The van der Waals surface area contributed by atoms with Crippen molar-refractivity contribution in [3.8, 4) is 0 Å². The molecule has 0 unspecified atom stereocenters. The van der Waals surface area contributed by atoms with Gasteiger partial charge in [0.15, 0.2) is 0 Å². The molecule has 0 saturated heterocycles. The highest BCUT2D eigenvalue weighted by Gasteiger charge is 2.12. The van der Waals surface area contributed by atoms with Gasteiger partial charge in [0.25, 0.3) is 5.91 Å². The van der Waals surface area contributed by atoms with Crippen LogP contribution in [0.3, 0.4) is 0 Å². The van der Waals surface area contributed by atoms with Crippen LogP contribution in [0.15, 0.2) is 36.4 Å². The van der Waals surface area contributed by atoms with Crippen LogP contribution in [0.2, 0.25) is 0 Å². The van der Waals surface area contributed by atoms with E-state index in [1.807, 2.05) is 0 Å². The quantitative estimate of drug-likeness (QED) is 0.861. The Kier molecular flexibility index (Phi) is 4.02. The molecular weight excluding hydrogens is 274 g/mol. The van der Waals surface area contributed by atoms with Gasteiger partial charge in [-0.2, -0.15) is 0 Å². The molecule has 2 aromatic carbocycles. The maximum Gasteiger partial charge on any atom is 0.254 e. The van der Waals surface area contributed by atoms with E-state index in [2.05, 4.69) is 5.32 Å². The van der Waals surface area contributed by atoms with Crippen molar-refractivity contribution in [3.05, 3.63) is 70.8 Å². The van der Waals surface area contributed by atoms with E-state index in [1.54, 1.807) is 0 Å². The summed E-state index contributed by atoms with van der Waals surface area (Å²) >= 11 is 0. The highest BCUT2D eigenvalue weighted by atomic mass is 19.1. The van der Waals surface area contributed by atoms with Gasteiger partial charge in [-0.05, 0) is 35.9 Å². The van der Waals surface area contributed by atoms with Crippen LogP contribution < -0.4 is 5.32 Å². The molecule has 0 fully saturated rings. The Morgan fingerprint density at radius 2 is 1.55 bits per heavy atom. The number of carbonyl (C=O) groups is 1. The van der Waals surface area contributed by atoms with Crippen LogP contribution in [0.4, 0.5) is 17.6 Å². The summed E-state index contributed by atoms with van der Waals surface area (Å²) in [5.74, 6) is -4.08. The van der Waals surface area contributed by atoms with Crippen molar-refractivity contribution in [2.24, 2.45) is 0 Å². The molecule has 104 valence electrons. The SMILES string of the molecule is O=C(NCc1cc(F)cc(F)c1)c1cc(F)ccc1F. The van der Waals surface area contributed by atoms with Crippen molar-refractivity contribution in [1.29, 1.82) is 0 Å². The predicted molar refractivity (Wildman–Crippen MR) is 63.9 cm³/mol. The lowest BCUT2D eigenvalue weighted by molar-refractivity contribution is 0.0946. The van der Waals surface area contributed by atoms with Crippen molar-refractivity contribution < 1.29 is 22.4 Å². The van der Waals surface area contributed by atoms with Crippen LogP contribution in [-0.4, -0.2) is 5.91 Å². The zero-order valence-electron chi connectivity index (χ0n) is 10.1. The Morgan fingerprint density at radius 1 is 0.900 bits per heavy atom. The average Bonchev–Trinajstić information content (AvgIpc) is 2.38. The summed E-state index contributed by atoms with van der Waals surface area (Å²) in [6.07, 6.45) is 0. The molecule has 0 atom stereocenters. The minimum Gasteiger partial charge on any atom is -0.348 e. The van der Waals surface area contributed by atoms with Crippen LogP contribution in [0.1, 0.15) is 15.9 Å². The van der Waals surface area contributed by atoms with Crippen LogP contribution in [0.5, 0.6) is 0 Å². The molecule has 0 spiro atoms. The van der Waals surface area contributed by atoms with Crippen LogP contribution in [0, 0.1) is 23.3 Å². The smallest absolute Gasteiger partial charge is 0.254 e. The maximum atomic E-state index is 13.3. The van der Waals surface area contributed by atoms with E-state index in [1.165, 1.54) is 0 Å². The zero-order valence-corrected chi connectivity index (χ0v) is 10.1. The summed E-state index contributed by atoms with van der Waals surface area (Å²) in [6.45, 7) is -0.205. The van der Waals surface area contributed by atoms with Gasteiger partial charge in [-0.15, -0.1) is 0 Å². The summed E-state index contributed by atoms with van der Waals surface area (Å²) < 4.78 is 52.1. The summed E-state index contributed by atoms with van der Waals surface area (Å²) in [5.41, 5.74) is -0.297. The lowest BCUT2D eigenvalue weighted by Crippen LogP contribution is -2.24. The summed E-state index contributed by atoms with van der Waals surface area (Å²) in [6, 6.07) is 5.21. The second-order valence-electron chi connectivity index (χ2n) is 4.08. The molecule has 20 heavy (non-hydrogen) atoms. The number of nitrogens with one attached hydrogen (secondary N) is 1. The van der Waals surface area contributed by atoms with Crippen molar-refractivity contribution >= 4 is 5.91 Å². The fraction of sp³-hybridized carbons (Fsp3) is 0.0714. The van der Waals surface area contributed by atoms with Gasteiger partial charge in [-0.3, -0.25) is 4.79 Å². The molecule has 2 aromatic rings. The molecule has 0 aliphatic heterocycles. The van der Waals surface area contributed by atoms with E-state index in [0.29, 0.717) is 6.07 Å². The largest absolute Gasteiger partial charge is 0.348 e. The van der Waals surface area contributed by atoms with Gasteiger partial charge in [-0.25, -0.2) is 17.6 Å². The number of halogens is 4. The van der Waals surface area contributed by atoms with Gasteiger partial charge in [0.2, 0.25) is 0 Å². The highest BCUT2D eigenvalue weighted by molar-refractivity contribution is 5.94. The Morgan fingerprint density at radius 3 is 2.20 bits per heavy atom. The molecule has 2 nitrogen and oxygen atoms in total. The third-order valence-electron chi connectivity index (χ3n) is 2.55. The van der Waals surface area contributed by atoms with E-state index >= 15 is 0 Å². The molecule has 0 aliphatic carbocycles. The van der Waals surface area contributed by atoms with Crippen LogP contribution in [-0.2, 0) is 6.54 Å². The topological polar surface area (TPSA) is 29.1 Å². The van der Waals surface area contributed by atoms with E-state index in [-0.39, 0.29) is 12.1 Å². The molecule has 6 heteroatoms. The first-order chi connectivity index (χ1) is 9.45. The van der Waals surface area contributed by atoms with Crippen molar-refractivity contribution in [3.63, 3.8) is 0 Å². The van der Waals surface area contributed by atoms with E-state index in [4.69, 9.17) is 0 Å². The normalized spacial score (nSPS) is 10.4. The third kappa shape index (κ3) is 3.34. The van der Waals surface area contributed by atoms with Crippen molar-refractivity contribution in [2.45, 2.75) is 6.54 Å². The lowest BCUT2D eigenvalue weighted by atomic mass is 10.1. The third-order valence-corrected chi connectivity index (χ3v) is 2.55. The first-order valence-corrected chi connectivity index (χ1v) is 5.64. The average molecular weight is 283 g/mol. The van der Waals surface area contributed by atoms with Gasteiger partial charge in [-0.1, -0.05) is 0 Å². The summed E-state index contributed by atoms with van der Waals surface area (Å²) in [4.78, 5) is 11.7. The number of amides is 1. The molecule has 1 N–H and O–H groups in total. The van der Waals surface area contributed by atoms with Crippen molar-refractivity contribution in [2.75, 3.05) is 0 Å². The van der Waals surface area contributed by atoms with Crippen LogP contribution in [0.25, 0.3) is 0 Å². The van der Waals surface area contributed by atoms with Gasteiger partial charge in [0.1, 0.15) is 23.3 Å². The second-order valence-corrected chi connectivity index (χ2v) is 4.08. The first kappa shape index (κ1) is 14.0. The molecule has 0 saturated carbocycles. The molecule has 1 amide bonds. The predicted octanol–water partition coefficient (Wildman–Crippen LogP) is 3.17. The highest BCUT2D eigenvalue weighted by Crippen LogP contribution is 2.11. The molecule has 2 rings (SSSR count). The number of hydrogen-bond acceptors (Lipinski definition) is 1. The van der Waals surface area contributed by atoms with E-state index in [9.17, 15) is 22.4 Å². The molecular formula is C14H9F4NO. The van der Waals surface area contributed by atoms with E-state index < -0.39 is 34.7 Å². The summed E-state index contributed by atoms with van der Waals surface area (Å²) in [5, 5.41) is 2.26. The molecule has 0 radical (unpaired) electrons. The number of carbonyl (C=O) groups excluding carboxylic acids is 1. The fourth-order valence-corrected chi connectivity index (χ4v) is 1.66. The lowest BCUT2D eigenvalue weighted by Gasteiger charge is -2.07. The Hall–Kier alpha value is -2.37. The molecule has 0 heterocycles. The van der Waals surface area contributed by atoms with E-state index in [0.717, 1.165) is 30.3 Å². The first-order valence-electron chi connectivity index (χ1n) is 5.64. The Balaban J connectivity index is 2.10. The van der Waals surface area contributed by atoms with Crippen LogP contribution >= 0.6 is 0 Å².